The van der Waals surface area contributed by atoms with Crippen LogP contribution >= 0.6 is 11.8 Å². The minimum absolute atomic E-state index is 0.146. The Labute approximate surface area is 106 Å². The molecule has 5 heteroatoms. The molecule has 17 heavy (non-hydrogen) atoms. The SMILES string of the molecule is CSCCC(C)Nc1ccc(C(=O)O)c(N)c1. The van der Waals surface area contributed by atoms with Crippen molar-refractivity contribution in [1.82, 2.24) is 0 Å². The second-order valence-electron chi connectivity index (χ2n) is 3.93. The largest absolute Gasteiger partial charge is 0.478 e. The maximum atomic E-state index is 10.8. The van der Waals surface area contributed by atoms with Crippen LogP contribution in [0, 0.1) is 0 Å². The minimum atomic E-state index is -0.996. The predicted octanol–water partition coefficient (Wildman–Crippen LogP) is 2.52. The molecule has 0 fully saturated rings. The van der Waals surface area contributed by atoms with Crippen LogP contribution in [0.15, 0.2) is 18.2 Å². The van der Waals surface area contributed by atoms with Gasteiger partial charge in [0.1, 0.15) is 0 Å². The number of carboxylic acids is 1. The first-order valence-electron chi connectivity index (χ1n) is 5.43. The first-order valence-corrected chi connectivity index (χ1v) is 6.82. The molecule has 0 saturated carbocycles. The zero-order chi connectivity index (χ0) is 12.8. The minimum Gasteiger partial charge on any atom is -0.478 e. The molecule has 0 aromatic heterocycles. The van der Waals surface area contributed by atoms with Crippen LogP contribution in [0.3, 0.4) is 0 Å². The monoisotopic (exact) mass is 254 g/mol. The first kappa shape index (κ1) is 13.7. The van der Waals surface area contributed by atoms with Gasteiger partial charge in [-0.25, -0.2) is 4.79 Å². The fourth-order valence-electron chi connectivity index (χ4n) is 1.50. The van der Waals surface area contributed by atoms with Crippen molar-refractivity contribution >= 4 is 29.1 Å². The fraction of sp³-hybridized carbons (Fsp3) is 0.417. The summed E-state index contributed by atoms with van der Waals surface area (Å²) in [6, 6.07) is 5.29. The van der Waals surface area contributed by atoms with Gasteiger partial charge in [-0.15, -0.1) is 0 Å². The van der Waals surface area contributed by atoms with E-state index in [1.54, 1.807) is 12.1 Å². The quantitative estimate of drug-likeness (QED) is 0.680. The summed E-state index contributed by atoms with van der Waals surface area (Å²) in [5.74, 6) is 0.0983. The van der Waals surface area contributed by atoms with Gasteiger partial charge >= 0.3 is 5.97 Å². The second kappa shape index (κ2) is 6.39. The number of thioether (sulfide) groups is 1. The van der Waals surface area contributed by atoms with Gasteiger partial charge in [-0.3, -0.25) is 0 Å². The number of benzene rings is 1. The van der Waals surface area contributed by atoms with Gasteiger partial charge in [0.15, 0.2) is 0 Å². The zero-order valence-electron chi connectivity index (χ0n) is 10.1. The molecule has 0 heterocycles. The summed E-state index contributed by atoms with van der Waals surface area (Å²) in [4.78, 5) is 10.8. The Kier molecular flexibility index (Phi) is 5.15. The molecular weight excluding hydrogens is 236 g/mol. The molecule has 1 unspecified atom stereocenters. The van der Waals surface area contributed by atoms with Crippen LogP contribution in [0.1, 0.15) is 23.7 Å². The highest BCUT2D eigenvalue weighted by Crippen LogP contribution is 2.19. The van der Waals surface area contributed by atoms with E-state index in [2.05, 4.69) is 18.5 Å². The summed E-state index contributed by atoms with van der Waals surface area (Å²) in [6.07, 6.45) is 3.13. The fourth-order valence-corrected chi connectivity index (χ4v) is 2.09. The van der Waals surface area contributed by atoms with E-state index in [9.17, 15) is 4.79 Å². The number of nitrogen functional groups attached to an aromatic ring is 1. The van der Waals surface area contributed by atoms with Crippen molar-refractivity contribution in [2.75, 3.05) is 23.1 Å². The Bertz CT molecular complexity index is 396. The number of rotatable bonds is 6. The van der Waals surface area contributed by atoms with Gasteiger partial charge in [-0.1, -0.05) is 0 Å². The smallest absolute Gasteiger partial charge is 0.337 e. The summed E-state index contributed by atoms with van der Waals surface area (Å²) in [7, 11) is 0. The van der Waals surface area contributed by atoms with Crippen molar-refractivity contribution in [2.24, 2.45) is 0 Å². The van der Waals surface area contributed by atoms with Crippen LogP contribution < -0.4 is 11.1 Å². The molecule has 4 N–H and O–H groups in total. The molecule has 1 aromatic carbocycles. The van der Waals surface area contributed by atoms with E-state index < -0.39 is 5.97 Å². The number of nitrogens with two attached hydrogens (primary N) is 1. The molecule has 0 bridgehead atoms. The molecule has 0 radical (unpaired) electrons. The van der Waals surface area contributed by atoms with Crippen LogP contribution in [-0.2, 0) is 0 Å². The standard InChI is InChI=1S/C12H18N2O2S/c1-8(5-6-17-2)14-9-3-4-10(12(15)16)11(13)7-9/h3-4,7-8,14H,5-6,13H2,1-2H3,(H,15,16). The van der Waals surface area contributed by atoms with Gasteiger partial charge in [-0.2, -0.15) is 11.8 Å². The van der Waals surface area contributed by atoms with Crippen molar-refractivity contribution in [1.29, 1.82) is 0 Å². The first-order chi connectivity index (χ1) is 8.04. The average Bonchev–Trinajstić information content (AvgIpc) is 2.26. The Morgan fingerprint density at radius 1 is 1.59 bits per heavy atom. The van der Waals surface area contributed by atoms with E-state index in [1.165, 1.54) is 6.07 Å². The van der Waals surface area contributed by atoms with E-state index in [4.69, 9.17) is 10.8 Å². The van der Waals surface area contributed by atoms with Gasteiger partial charge < -0.3 is 16.2 Å². The summed E-state index contributed by atoms with van der Waals surface area (Å²) >= 11 is 1.81. The maximum absolute atomic E-state index is 10.8. The van der Waals surface area contributed by atoms with Gasteiger partial charge in [0, 0.05) is 17.4 Å². The molecule has 0 saturated heterocycles. The van der Waals surface area contributed by atoms with Gasteiger partial charge in [-0.05, 0) is 43.6 Å². The molecule has 0 spiro atoms. The summed E-state index contributed by atoms with van der Waals surface area (Å²) in [5, 5.41) is 12.1. The van der Waals surface area contributed by atoms with E-state index in [1.807, 2.05) is 11.8 Å². The van der Waals surface area contributed by atoms with E-state index in [0.29, 0.717) is 11.7 Å². The Hall–Kier alpha value is -1.36. The number of nitrogens with one attached hydrogen (secondary N) is 1. The number of carboxylic acid groups (broad SMARTS) is 1. The predicted molar refractivity (Wildman–Crippen MR) is 73.9 cm³/mol. The lowest BCUT2D eigenvalue weighted by Crippen LogP contribution is -2.16. The van der Waals surface area contributed by atoms with Crippen LogP contribution in [0.4, 0.5) is 11.4 Å². The lowest BCUT2D eigenvalue weighted by atomic mass is 10.1. The second-order valence-corrected chi connectivity index (χ2v) is 4.92. The Morgan fingerprint density at radius 3 is 2.82 bits per heavy atom. The van der Waals surface area contributed by atoms with Gasteiger partial charge in [0.25, 0.3) is 0 Å². The highest BCUT2D eigenvalue weighted by molar-refractivity contribution is 7.98. The molecule has 1 atom stereocenters. The highest BCUT2D eigenvalue weighted by Gasteiger charge is 2.09. The van der Waals surface area contributed by atoms with E-state index >= 15 is 0 Å². The number of aromatic carboxylic acids is 1. The van der Waals surface area contributed by atoms with Gasteiger partial charge in [0.05, 0.1) is 5.56 Å². The van der Waals surface area contributed by atoms with Gasteiger partial charge in [0.2, 0.25) is 0 Å². The van der Waals surface area contributed by atoms with Crippen molar-refractivity contribution in [3.63, 3.8) is 0 Å². The van der Waals surface area contributed by atoms with Crippen molar-refractivity contribution in [2.45, 2.75) is 19.4 Å². The van der Waals surface area contributed by atoms with Crippen molar-refractivity contribution in [3.05, 3.63) is 23.8 Å². The van der Waals surface area contributed by atoms with Crippen molar-refractivity contribution < 1.29 is 9.90 Å². The zero-order valence-corrected chi connectivity index (χ0v) is 10.9. The molecule has 4 nitrogen and oxygen atoms in total. The Balaban J connectivity index is 2.67. The normalized spacial score (nSPS) is 12.1. The van der Waals surface area contributed by atoms with Crippen LogP contribution in [0.5, 0.6) is 0 Å². The van der Waals surface area contributed by atoms with Crippen LogP contribution in [0.25, 0.3) is 0 Å². The number of anilines is 2. The van der Waals surface area contributed by atoms with Crippen LogP contribution in [0.2, 0.25) is 0 Å². The van der Waals surface area contributed by atoms with E-state index in [-0.39, 0.29) is 5.56 Å². The molecule has 0 aliphatic rings. The number of hydrogen-bond donors (Lipinski definition) is 3. The van der Waals surface area contributed by atoms with Crippen LogP contribution in [-0.4, -0.2) is 29.1 Å². The third-order valence-electron chi connectivity index (χ3n) is 2.45. The highest BCUT2D eigenvalue weighted by atomic mass is 32.2. The maximum Gasteiger partial charge on any atom is 0.337 e. The molecule has 1 rings (SSSR count). The molecule has 1 aromatic rings. The third kappa shape index (κ3) is 4.19. The number of hydrogen-bond acceptors (Lipinski definition) is 4. The molecule has 94 valence electrons. The third-order valence-corrected chi connectivity index (χ3v) is 3.09. The molecular formula is C12H18N2O2S. The van der Waals surface area contributed by atoms with Crippen molar-refractivity contribution in [3.8, 4) is 0 Å². The topological polar surface area (TPSA) is 75.3 Å². The summed E-state index contributed by atoms with van der Waals surface area (Å²) in [6.45, 7) is 2.09. The summed E-state index contributed by atoms with van der Waals surface area (Å²) in [5.41, 5.74) is 6.97. The average molecular weight is 254 g/mol. The molecule has 0 amide bonds. The summed E-state index contributed by atoms with van der Waals surface area (Å²) < 4.78 is 0. The molecule has 0 aliphatic carbocycles. The number of carbonyl (C=O) groups is 1. The molecule has 0 aliphatic heterocycles. The lowest BCUT2D eigenvalue weighted by molar-refractivity contribution is 0.0698. The Morgan fingerprint density at radius 2 is 2.29 bits per heavy atom. The lowest BCUT2D eigenvalue weighted by Gasteiger charge is -2.15. The van der Waals surface area contributed by atoms with E-state index in [0.717, 1.165) is 17.9 Å².